The Morgan fingerprint density at radius 1 is 1.54 bits per heavy atom. The third-order valence-electron chi connectivity index (χ3n) is 2.14. The quantitative estimate of drug-likeness (QED) is 0.580. The number of ether oxygens (including phenoxy) is 1. The van der Waals surface area contributed by atoms with Crippen LogP contribution in [0.3, 0.4) is 0 Å². The lowest BCUT2D eigenvalue weighted by Gasteiger charge is -2.22. The van der Waals surface area contributed by atoms with Gasteiger partial charge in [0.15, 0.2) is 5.78 Å². The molecule has 0 aromatic heterocycles. The van der Waals surface area contributed by atoms with Crippen molar-refractivity contribution in [2.75, 3.05) is 26.4 Å². The summed E-state index contributed by atoms with van der Waals surface area (Å²) in [6.45, 7) is 2.12. The second kappa shape index (κ2) is 6.07. The zero-order valence-electron chi connectivity index (χ0n) is 7.79. The predicted molar refractivity (Wildman–Crippen MR) is 48.6 cm³/mol. The van der Waals surface area contributed by atoms with Gasteiger partial charge in [0.2, 0.25) is 0 Å². The summed E-state index contributed by atoms with van der Waals surface area (Å²) in [6, 6.07) is -0.118. The minimum atomic E-state index is -0.118. The summed E-state index contributed by atoms with van der Waals surface area (Å²) in [6.07, 6.45) is 2.02. The van der Waals surface area contributed by atoms with Gasteiger partial charge in [0, 0.05) is 19.6 Å². The first-order valence-electron chi connectivity index (χ1n) is 4.79. The smallest absolute Gasteiger partial charge is 0.152 e. The van der Waals surface area contributed by atoms with Crippen LogP contribution in [0.1, 0.15) is 19.3 Å². The first-order chi connectivity index (χ1) is 6.34. The number of morpholine rings is 1. The molecular weight excluding hydrogens is 170 g/mol. The van der Waals surface area contributed by atoms with Crippen molar-refractivity contribution in [3.63, 3.8) is 0 Å². The van der Waals surface area contributed by atoms with Crippen LogP contribution in [0.4, 0.5) is 0 Å². The molecule has 4 nitrogen and oxygen atoms in total. The maximum atomic E-state index is 11.4. The topological polar surface area (TPSA) is 58.6 Å². The van der Waals surface area contributed by atoms with Gasteiger partial charge >= 0.3 is 0 Å². The molecule has 0 aromatic carbocycles. The van der Waals surface area contributed by atoms with Crippen LogP contribution in [0.25, 0.3) is 0 Å². The van der Waals surface area contributed by atoms with E-state index in [1.807, 2.05) is 0 Å². The Balaban J connectivity index is 2.13. The standard InChI is InChI=1S/C9H17NO3/c11-5-2-1-3-9(12)8-7-13-6-4-10-8/h8,10-11H,1-7H2. The molecule has 1 aliphatic heterocycles. The second-order valence-corrected chi connectivity index (χ2v) is 3.23. The largest absolute Gasteiger partial charge is 0.396 e. The lowest BCUT2D eigenvalue weighted by molar-refractivity contribution is -0.123. The number of carbonyl (C=O) groups excluding carboxylic acids is 1. The highest BCUT2D eigenvalue weighted by Gasteiger charge is 2.19. The molecule has 0 amide bonds. The average Bonchev–Trinajstić information content (AvgIpc) is 2.19. The van der Waals surface area contributed by atoms with E-state index >= 15 is 0 Å². The second-order valence-electron chi connectivity index (χ2n) is 3.23. The van der Waals surface area contributed by atoms with Crippen molar-refractivity contribution in [1.29, 1.82) is 0 Å². The van der Waals surface area contributed by atoms with E-state index in [-0.39, 0.29) is 18.4 Å². The molecule has 1 fully saturated rings. The predicted octanol–water partition coefficient (Wildman–Crippen LogP) is -0.294. The summed E-state index contributed by atoms with van der Waals surface area (Å²) < 4.78 is 5.18. The van der Waals surface area contributed by atoms with E-state index in [4.69, 9.17) is 9.84 Å². The van der Waals surface area contributed by atoms with E-state index in [9.17, 15) is 4.79 Å². The first kappa shape index (κ1) is 10.6. The summed E-state index contributed by atoms with van der Waals surface area (Å²) in [5.74, 6) is 0.202. The molecule has 1 aliphatic rings. The number of aliphatic hydroxyl groups is 1. The molecule has 1 heterocycles. The van der Waals surface area contributed by atoms with Crippen molar-refractivity contribution in [1.82, 2.24) is 5.32 Å². The zero-order chi connectivity index (χ0) is 9.52. The van der Waals surface area contributed by atoms with Crippen LogP contribution in [-0.4, -0.2) is 43.3 Å². The number of unbranched alkanes of at least 4 members (excludes halogenated alkanes) is 1. The van der Waals surface area contributed by atoms with E-state index in [1.165, 1.54) is 0 Å². The first-order valence-corrected chi connectivity index (χ1v) is 4.79. The van der Waals surface area contributed by atoms with Crippen molar-refractivity contribution in [3.8, 4) is 0 Å². The average molecular weight is 187 g/mol. The molecule has 0 bridgehead atoms. The van der Waals surface area contributed by atoms with E-state index in [0.717, 1.165) is 13.0 Å². The van der Waals surface area contributed by atoms with Crippen molar-refractivity contribution in [2.45, 2.75) is 25.3 Å². The molecule has 1 unspecified atom stereocenters. The molecule has 2 N–H and O–H groups in total. The van der Waals surface area contributed by atoms with E-state index in [2.05, 4.69) is 5.32 Å². The molecule has 1 saturated heterocycles. The number of rotatable bonds is 5. The number of aliphatic hydroxyl groups excluding tert-OH is 1. The van der Waals surface area contributed by atoms with Crippen LogP contribution in [0.2, 0.25) is 0 Å². The molecule has 76 valence electrons. The fourth-order valence-electron chi connectivity index (χ4n) is 1.36. The normalized spacial score (nSPS) is 23.0. The van der Waals surface area contributed by atoms with Crippen LogP contribution in [0, 0.1) is 0 Å². The van der Waals surface area contributed by atoms with Crippen LogP contribution in [0.15, 0.2) is 0 Å². The molecule has 0 radical (unpaired) electrons. The summed E-state index contributed by atoms with van der Waals surface area (Å²) in [5, 5.41) is 11.6. The minimum absolute atomic E-state index is 0.118. The van der Waals surface area contributed by atoms with Gasteiger partial charge in [-0.25, -0.2) is 0 Å². The Kier molecular flexibility index (Phi) is 4.97. The highest BCUT2D eigenvalue weighted by atomic mass is 16.5. The summed E-state index contributed by atoms with van der Waals surface area (Å²) >= 11 is 0. The van der Waals surface area contributed by atoms with Crippen molar-refractivity contribution in [2.24, 2.45) is 0 Å². The summed E-state index contributed by atoms with van der Waals surface area (Å²) in [5.41, 5.74) is 0. The lowest BCUT2D eigenvalue weighted by atomic mass is 10.1. The van der Waals surface area contributed by atoms with E-state index in [1.54, 1.807) is 0 Å². The third kappa shape index (κ3) is 3.85. The van der Waals surface area contributed by atoms with Crippen LogP contribution in [-0.2, 0) is 9.53 Å². The molecule has 4 heteroatoms. The Bertz CT molecular complexity index is 155. The Morgan fingerprint density at radius 3 is 3.00 bits per heavy atom. The van der Waals surface area contributed by atoms with Gasteiger partial charge < -0.3 is 15.2 Å². The summed E-state index contributed by atoms with van der Waals surface area (Å²) in [4.78, 5) is 11.4. The van der Waals surface area contributed by atoms with Crippen LogP contribution < -0.4 is 5.32 Å². The molecule has 1 rings (SSSR count). The van der Waals surface area contributed by atoms with Crippen LogP contribution in [0.5, 0.6) is 0 Å². The van der Waals surface area contributed by atoms with Gasteiger partial charge in [-0.2, -0.15) is 0 Å². The number of nitrogens with one attached hydrogen (secondary N) is 1. The fourth-order valence-corrected chi connectivity index (χ4v) is 1.36. The maximum absolute atomic E-state index is 11.4. The third-order valence-corrected chi connectivity index (χ3v) is 2.14. The SMILES string of the molecule is O=C(CCCCO)C1COCCN1. The van der Waals surface area contributed by atoms with Gasteiger partial charge in [0.05, 0.1) is 19.3 Å². The lowest BCUT2D eigenvalue weighted by Crippen LogP contribution is -2.46. The van der Waals surface area contributed by atoms with Gasteiger partial charge in [0.25, 0.3) is 0 Å². The van der Waals surface area contributed by atoms with Crippen molar-refractivity contribution < 1.29 is 14.6 Å². The number of hydrogen-bond acceptors (Lipinski definition) is 4. The van der Waals surface area contributed by atoms with E-state index in [0.29, 0.717) is 26.1 Å². The Labute approximate surface area is 78.3 Å². The molecule has 0 spiro atoms. The zero-order valence-corrected chi connectivity index (χ0v) is 7.79. The van der Waals surface area contributed by atoms with Gasteiger partial charge in [0.1, 0.15) is 0 Å². The van der Waals surface area contributed by atoms with E-state index < -0.39 is 0 Å². The fraction of sp³-hybridized carbons (Fsp3) is 0.889. The number of ketones is 1. The molecule has 0 aromatic rings. The number of Topliss-reactive ketones (excluding diaryl/α,β-unsaturated/α-hetero) is 1. The van der Waals surface area contributed by atoms with Gasteiger partial charge in [-0.15, -0.1) is 0 Å². The highest BCUT2D eigenvalue weighted by molar-refractivity contribution is 5.84. The molecule has 1 atom stereocenters. The van der Waals surface area contributed by atoms with Crippen molar-refractivity contribution in [3.05, 3.63) is 0 Å². The van der Waals surface area contributed by atoms with Gasteiger partial charge in [-0.05, 0) is 12.8 Å². The molecular formula is C9H17NO3. The number of carbonyl (C=O) groups is 1. The Hall–Kier alpha value is -0.450. The maximum Gasteiger partial charge on any atom is 0.152 e. The number of hydrogen-bond donors (Lipinski definition) is 2. The minimum Gasteiger partial charge on any atom is -0.396 e. The van der Waals surface area contributed by atoms with Gasteiger partial charge in [-0.3, -0.25) is 4.79 Å². The Morgan fingerprint density at radius 2 is 2.38 bits per heavy atom. The van der Waals surface area contributed by atoms with Gasteiger partial charge in [-0.1, -0.05) is 0 Å². The molecule has 13 heavy (non-hydrogen) atoms. The van der Waals surface area contributed by atoms with Crippen LogP contribution >= 0.6 is 0 Å². The summed E-state index contributed by atoms with van der Waals surface area (Å²) in [7, 11) is 0. The monoisotopic (exact) mass is 187 g/mol. The molecule has 0 aliphatic carbocycles. The van der Waals surface area contributed by atoms with Crippen molar-refractivity contribution >= 4 is 5.78 Å². The highest BCUT2D eigenvalue weighted by Crippen LogP contribution is 2.02. The molecule has 0 saturated carbocycles.